The van der Waals surface area contributed by atoms with E-state index in [9.17, 15) is 4.79 Å². The highest BCUT2D eigenvalue weighted by Gasteiger charge is 2.27. The summed E-state index contributed by atoms with van der Waals surface area (Å²) in [7, 11) is 3.10. The van der Waals surface area contributed by atoms with Crippen molar-refractivity contribution in [3.63, 3.8) is 0 Å². The average Bonchev–Trinajstić information content (AvgIpc) is 3.47. The lowest BCUT2D eigenvalue weighted by Gasteiger charge is -2.19. The monoisotopic (exact) mass is 451 g/mol. The molecule has 1 N–H and O–H groups in total. The van der Waals surface area contributed by atoms with Crippen LogP contribution >= 0.6 is 0 Å². The third-order valence-corrected chi connectivity index (χ3v) is 6.92. The molecule has 2 heterocycles. The number of nitrogens with one attached hydrogen (secondary N) is 1. The van der Waals surface area contributed by atoms with Gasteiger partial charge in [0.25, 0.3) is 0 Å². The van der Waals surface area contributed by atoms with Gasteiger partial charge in [0.2, 0.25) is 12.1 Å². The Bertz CT molecular complexity index is 1100. The van der Waals surface area contributed by atoms with Crippen LogP contribution < -0.4 is 10.7 Å². The van der Waals surface area contributed by atoms with Crippen molar-refractivity contribution < 1.29 is 18.7 Å². The molecule has 178 valence electrons. The molecule has 0 fully saturated rings. The molecule has 0 amide bonds. The molecule has 0 spiro atoms. The third-order valence-electron chi connectivity index (χ3n) is 6.92. The van der Waals surface area contributed by atoms with E-state index < -0.39 is 6.29 Å². The molecular weight excluding hydrogens is 414 g/mol. The zero-order chi connectivity index (χ0) is 23.2. The van der Waals surface area contributed by atoms with Crippen molar-refractivity contribution in [1.82, 2.24) is 4.98 Å². The summed E-state index contributed by atoms with van der Waals surface area (Å²) in [5.74, 6) is 1.05. The van der Waals surface area contributed by atoms with E-state index in [1.54, 1.807) is 26.4 Å². The molecule has 0 saturated heterocycles. The zero-order valence-electron chi connectivity index (χ0n) is 20.2. The van der Waals surface area contributed by atoms with Crippen LogP contribution in [-0.4, -0.2) is 25.0 Å². The van der Waals surface area contributed by atoms with Gasteiger partial charge in [0, 0.05) is 31.1 Å². The second kappa shape index (κ2) is 11.2. The van der Waals surface area contributed by atoms with Gasteiger partial charge < -0.3 is 18.9 Å². The molecule has 0 bridgehead atoms. The van der Waals surface area contributed by atoms with Crippen LogP contribution in [0.5, 0.6) is 0 Å². The van der Waals surface area contributed by atoms with Crippen LogP contribution in [0.15, 0.2) is 28.7 Å². The molecule has 2 aromatic rings. The number of fused-ring (bicyclic) bond motifs is 3. The van der Waals surface area contributed by atoms with Crippen molar-refractivity contribution in [2.45, 2.75) is 83.3 Å². The average molecular weight is 452 g/mol. The van der Waals surface area contributed by atoms with E-state index in [0.717, 1.165) is 24.6 Å². The highest BCUT2D eigenvalue weighted by Crippen LogP contribution is 2.30. The number of aromatic nitrogens is 1. The normalized spacial score (nSPS) is 17.2. The Morgan fingerprint density at radius 2 is 1.94 bits per heavy atom. The third kappa shape index (κ3) is 5.10. The predicted molar refractivity (Wildman–Crippen MR) is 131 cm³/mol. The summed E-state index contributed by atoms with van der Waals surface area (Å²) in [4.78, 5) is 17.1. The standard InChI is InChI=1S/C28H37NO4/c1-4-5-6-7-8-9-12-19-15-16-21(26-25(19)20-13-10-11-14-22(20)29-26)27(30)23-17-18-24(33-23)28(31-2)32-3/h14-19,28-29H,4-13H2,1-3H3. The van der Waals surface area contributed by atoms with Crippen molar-refractivity contribution >= 4 is 17.4 Å². The maximum Gasteiger partial charge on any atom is 0.230 e. The van der Waals surface area contributed by atoms with E-state index in [-0.39, 0.29) is 5.78 Å². The van der Waals surface area contributed by atoms with E-state index in [1.165, 1.54) is 61.4 Å². The van der Waals surface area contributed by atoms with E-state index >= 15 is 0 Å². The van der Waals surface area contributed by atoms with Crippen LogP contribution in [0.4, 0.5) is 0 Å². The van der Waals surface area contributed by atoms with E-state index in [2.05, 4.69) is 24.1 Å². The molecule has 2 aromatic heterocycles. The molecule has 5 heteroatoms. The summed E-state index contributed by atoms with van der Waals surface area (Å²) >= 11 is 0. The van der Waals surface area contributed by atoms with Crippen LogP contribution in [0.1, 0.15) is 104 Å². The van der Waals surface area contributed by atoms with Crippen LogP contribution in [0.2, 0.25) is 0 Å². The van der Waals surface area contributed by atoms with Gasteiger partial charge >= 0.3 is 0 Å². The van der Waals surface area contributed by atoms with Crippen molar-refractivity contribution in [2.75, 3.05) is 14.2 Å². The maximum atomic E-state index is 13.5. The summed E-state index contributed by atoms with van der Waals surface area (Å²) < 4.78 is 16.3. The molecule has 33 heavy (non-hydrogen) atoms. The fraction of sp³-hybridized carbons (Fsp3) is 0.536. The van der Waals surface area contributed by atoms with Crippen LogP contribution in [0, 0.1) is 0 Å². The van der Waals surface area contributed by atoms with Crippen molar-refractivity contribution in [3.05, 3.63) is 57.6 Å². The number of rotatable bonds is 12. The van der Waals surface area contributed by atoms with Crippen LogP contribution in [0.3, 0.4) is 0 Å². The lowest BCUT2D eigenvalue weighted by molar-refractivity contribution is -0.117. The Kier molecular flexibility index (Phi) is 8.05. The highest BCUT2D eigenvalue weighted by atomic mass is 16.7. The summed E-state index contributed by atoms with van der Waals surface area (Å²) in [6.45, 7) is 2.26. The SMILES string of the molecule is CCCCCCCCC1C=CC(C(=O)c2ccc(C(OC)OC)o2)=c2[nH]c3c(c21)CCCC=3. The van der Waals surface area contributed by atoms with E-state index in [1.807, 2.05) is 6.08 Å². The molecule has 0 aromatic carbocycles. The van der Waals surface area contributed by atoms with Gasteiger partial charge in [-0.1, -0.05) is 63.7 Å². The molecule has 0 saturated carbocycles. The number of ether oxygens (including phenoxy) is 2. The molecule has 1 unspecified atom stereocenters. The summed E-state index contributed by atoms with van der Waals surface area (Å²) in [6.07, 6.45) is 18.1. The van der Waals surface area contributed by atoms with E-state index in [0.29, 0.717) is 23.0 Å². The number of allylic oxidation sites excluding steroid dienone is 2. The van der Waals surface area contributed by atoms with Crippen molar-refractivity contribution in [2.24, 2.45) is 0 Å². The van der Waals surface area contributed by atoms with Gasteiger partial charge in [-0.25, -0.2) is 0 Å². The molecule has 5 nitrogen and oxygen atoms in total. The number of hydrogen-bond acceptors (Lipinski definition) is 4. The Balaban J connectivity index is 1.62. The quantitative estimate of drug-likeness (QED) is 0.265. The van der Waals surface area contributed by atoms with Crippen LogP contribution in [-0.2, 0) is 15.9 Å². The minimum absolute atomic E-state index is 0.110. The summed E-state index contributed by atoms with van der Waals surface area (Å²) in [6, 6.07) is 3.45. The number of methoxy groups -OCH3 is 2. The fourth-order valence-electron chi connectivity index (χ4n) is 5.19. The smallest absolute Gasteiger partial charge is 0.230 e. The summed E-state index contributed by atoms with van der Waals surface area (Å²) in [5, 5.41) is 2.18. The van der Waals surface area contributed by atoms with Gasteiger partial charge in [-0.15, -0.1) is 0 Å². The predicted octanol–water partition coefficient (Wildman–Crippen LogP) is 5.45. The Morgan fingerprint density at radius 3 is 2.73 bits per heavy atom. The van der Waals surface area contributed by atoms with E-state index in [4.69, 9.17) is 13.9 Å². The minimum Gasteiger partial charge on any atom is -0.452 e. The van der Waals surface area contributed by atoms with Gasteiger partial charge in [-0.3, -0.25) is 4.79 Å². The lowest BCUT2D eigenvalue weighted by Crippen LogP contribution is -2.23. The van der Waals surface area contributed by atoms with Gasteiger partial charge in [-0.2, -0.15) is 0 Å². The number of ketones is 1. The number of Topliss-reactive ketones (excluding diaryl/α,β-unsaturated/α-hetero) is 1. The Labute approximate surface area is 196 Å². The first-order valence-corrected chi connectivity index (χ1v) is 12.5. The number of hydrogen-bond donors (Lipinski definition) is 1. The molecule has 1 atom stereocenters. The topological polar surface area (TPSA) is 64.5 Å². The molecular formula is C28H37NO4. The molecule has 2 aliphatic carbocycles. The second-order valence-corrected chi connectivity index (χ2v) is 9.17. The number of carbonyl (C=O) groups excluding carboxylic acids is 1. The molecule has 2 aliphatic rings. The number of furan rings is 1. The number of H-pyrrole nitrogens is 1. The van der Waals surface area contributed by atoms with Gasteiger partial charge in [0.15, 0.2) is 11.5 Å². The number of aromatic amines is 1. The highest BCUT2D eigenvalue weighted by molar-refractivity contribution is 6.26. The molecule has 4 rings (SSSR count). The largest absolute Gasteiger partial charge is 0.452 e. The first-order chi connectivity index (χ1) is 16.2. The lowest BCUT2D eigenvalue weighted by atomic mass is 9.84. The Morgan fingerprint density at radius 1 is 1.15 bits per heavy atom. The van der Waals surface area contributed by atoms with Crippen molar-refractivity contribution in [1.29, 1.82) is 0 Å². The van der Waals surface area contributed by atoms with Crippen molar-refractivity contribution in [3.8, 4) is 0 Å². The Hall–Kier alpha value is -2.37. The van der Waals surface area contributed by atoms with Gasteiger partial charge in [0.1, 0.15) is 0 Å². The second-order valence-electron chi connectivity index (χ2n) is 9.17. The first kappa shape index (κ1) is 23.8. The zero-order valence-corrected chi connectivity index (χ0v) is 20.2. The molecule has 0 aliphatic heterocycles. The number of carbonyl (C=O) groups is 1. The van der Waals surface area contributed by atoms with Gasteiger partial charge in [0.05, 0.1) is 5.35 Å². The van der Waals surface area contributed by atoms with Crippen LogP contribution in [0.25, 0.3) is 11.6 Å². The fourth-order valence-corrected chi connectivity index (χ4v) is 5.19. The minimum atomic E-state index is -0.622. The maximum absolute atomic E-state index is 13.5. The first-order valence-electron chi connectivity index (χ1n) is 12.5. The number of unbranched alkanes of at least 4 members (excludes halogenated alkanes) is 5. The van der Waals surface area contributed by atoms with Gasteiger partial charge in [-0.05, 0) is 48.9 Å². The summed E-state index contributed by atoms with van der Waals surface area (Å²) in [5.41, 5.74) is 3.42. The molecule has 0 radical (unpaired) electrons.